The van der Waals surface area contributed by atoms with Crippen LogP contribution >= 0.6 is 38.5 Å². The highest BCUT2D eigenvalue weighted by Gasteiger charge is 2.20. The zero-order valence-electron chi connectivity index (χ0n) is 8.84. The van der Waals surface area contributed by atoms with Crippen molar-refractivity contribution in [3.05, 3.63) is 31.8 Å². The van der Waals surface area contributed by atoms with E-state index in [2.05, 4.69) is 44.6 Å². The van der Waals surface area contributed by atoms with Crippen molar-refractivity contribution < 1.29 is 4.79 Å². The average molecular weight is 392 g/mol. The van der Waals surface area contributed by atoms with Gasteiger partial charge in [0.15, 0.2) is 5.78 Å². The molecule has 0 radical (unpaired) electrons. The molecule has 0 fully saturated rings. The Hall–Kier alpha value is -0.410. The smallest absolute Gasteiger partial charge is 0.181 e. The fraction of sp³-hybridized carbons (Fsp3) is 0.333. The number of nitrogens with zero attached hydrogens (tertiary/aromatic N) is 1. The molecule has 0 aromatic heterocycles. The third-order valence-corrected chi connectivity index (χ3v) is 3.68. The zero-order valence-corrected chi connectivity index (χ0v) is 12.6. The van der Waals surface area contributed by atoms with Crippen LogP contribution in [0, 0.1) is 20.8 Å². The molecule has 2 nitrogen and oxygen atoms in total. The van der Waals surface area contributed by atoms with Gasteiger partial charge in [0.25, 0.3) is 0 Å². The molecule has 0 amide bonds. The predicted molar refractivity (Wildman–Crippen MR) is 75.2 cm³/mol. The van der Waals surface area contributed by atoms with Crippen LogP contribution in [0.5, 0.6) is 0 Å². The van der Waals surface area contributed by atoms with Crippen molar-refractivity contribution in [2.75, 3.05) is 0 Å². The normalized spacial score (nSPS) is 11.9. The van der Waals surface area contributed by atoms with Gasteiger partial charge in [-0.3, -0.25) is 4.79 Å². The Balaban J connectivity index is 3.04. The van der Waals surface area contributed by atoms with Crippen molar-refractivity contribution in [3.63, 3.8) is 0 Å². The molecule has 0 aliphatic heterocycles. The number of carbonyl (C=O) groups is 1. The summed E-state index contributed by atoms with van der Waals surface area (Å²) in [7, 11) is 0. The lowest BCUT2D eigenvalue weighted by molar-refractivity contribution is 0.0942. The lowest BCUT2D eigenvalue weighted by atomic mass is 9.95. The van der Waals surface area contributed by atoms with Crippen LogP contribution in [0.1, 0.15) is 30.1 Å². The van der Waals surface area contributed by atoms with Gasteiger partial charge in [-0.1, -0.05) is 29.3 Å². The van der Waals surface area contributed by atoms with Gasteiger partial charge < -0.3 is 0 Å². The maximum absolute atomic E-state index is 12.1. The highest BCUT2D eigenvalue weighted by Crippen LogP contribution is 2.22. The lowest BCUT2D eigenvalue weighted by Gasteiger charge is -2.08. The van der Waals surface area contributed by atoms with E-state index < -0.39 is 5.92 Å². The summed E-state index contributed by atoms with van der Waals surface area (Å²) in [5, 5.41) is 8.96. The van der Waals surface area contributed by atoms with E-state index in [0.29, 0.717) is 12.0 Å². The van der Waals surface area contributed by atoms with E-state index in [-0.39, 0.29) is 5.78 Å². The summed E-state index contributed by atoms with van der Waals surface area (Å²) in [6.45, 7) is 1.98. The van der Waals surface area contributed by atoms with E-state index in [1.54, 1.807) is 6.07 Å². The van der Waals surface area contributed by atoms with Crippen molar-refractivity contribution in [2.45, 2.75) is 19.8 Å². The molecule has 1 aromatic rings. The molecule has 1 rings (SSSR count). The molecule has 16 heavy (non-hydrogen) atoms. The first-order valence-corrected chi connectivity index (χ1v) is 6.86. The quantitative estimate of drug-likeness (QED) is 0.570. The number of Topliss-reactive ketones (excluding diaryl/α,β-unsaturated/α-hetero) is 1. The van der Waals surface area contributed by atoms with Crippen LogP contribution in [0.2, 0.25) is 0 Å². The topological polar surface area (TPSA) is 40.9 Å². The van der Waals surface area contributed by atoms with Gasteiger partial charge in [0.2, 0.25) is 0 Å². The standard InChI is InChI=1S/C12H11BrINO/c1-2-3-8(7-15)12(16)10-6-9(13)4-5-11(10)14/h4-6,8H,2-3H2,1H3. The lowest BCUT2D eigenvalue weighted by Crippen LogP contribution is -2.14. The molecule has 0 saturated carbocycles. The summed E-state index contributed by atoms with van der Waals surface area (Å²) in [5.74, 6) is -0.595. The van der Waals surface area contributed by atoms with Crippen molar-refractivity contribution in [2.24, 2.45) is 5.92 Å². The number of benzene rings is 1. The Kier molecular flexibility index (Phi) is 5.42. The highest BCUT2D eigenvalue weighted by atomic mass is 127. The van der Waals surface area contributed by atoms with Crippen molar-refractivity contribution >= 4 is 44.3 Å². The SMILES string of the molecule is CCCC(C#N)C(=O)c1cc(Br)ccc1I. The highest BCUT2D eigenvalue weighted by molar-refractivity contribution is 14.1. The van der Waals surface area contributed by atoms with E-state index in [4.69, 9.17) is 5.26 Å². The number of carbonyl (C=O) groups excluding carboxylic acids is 1. The molecule has 0 heterocycles. The molecule has 0 saturated heterocycles. The fourth-order valence-electron chi connectivity index (χ4n) is 1.42. The Labute approximate surface area is 117 Å². The van der Waals surface area contributed by atoms with E-state index in [1.807, 2.05) is 19.1 Å². The van der Waals surface area contributed by atoms with Gasteiger partial charge in [0.05, 0.1) is 6.07 Å². The van der Waals surface area contributed by atoms with Crippen LogP contribution in [0.4, 0.5) is 0 Å². The second-order valence-electron chi connectivity index (χ2n) is 3.46. The Bertz CT molecular complexity index is 439. The van der Waals surface area contributed by atoms with Gasteiger partial charge in [-0.15, -0.1) is 0 Å². The number of ketones is 1. The number of rotatable bonds is 4. The van der Waals surface area contributed by atoms with Crippen LogP contribution < -0.4 is 0 Å². The first-order chi connectivity index (χ1) is 7.60. The molecule has 1 atom stereocenters. The van der Waals surface area contributed by atoms with Gasteiger partial charge >= 0.3 is 0 Å². The Morgan fingerprint density at radius 1 is 1.62 bits per heavy atom. The maximum atomic E-state index is 12.1. The molecule has 1 unspecified atom stereocenters. The van der Waals surface area contributed by atoms with Crippen LogP contribution in [0.3, 0.4) is 0 Å². The van der Waals surface area contributed by atoms with E-state index >= 15 is 0 Å². The largest absolute Gasteiger partial charge is 0.293 e. The second kappa shape index (κ2) is 6.36. The predicted octanol–water partition coefficient (Wildman–Crippen LogP) is 4.18. The third-order valence-electron chi connectivity index (χ3n) is 2.24. The molecule has 0 aliphatic carbocycles. The number of hydrogen-bond donors (Lipinski definition) is 0. The molecule has 4 heteroatoms. The summed E-state index contributed by atoms with van der Waals surface area (Å²) in [6, 6.07) is 7.62. The molecule has 0 N–H and O–H groups in total. The number of halogens is 2. The first-order valence-electron chi connectivity index (χ1n) is 4.99. The van der Waals surface area contributed by atoms with Crippen LogP contribution in [0.25, 0.3) is 0 Å². The minimum atomic E-state index is -0.521. The van der Waals surface area contributed by atoms with Gasteiger partial charge in [-0.05, 0) is 47.2 Å². The van der Waals surface area contributed by atoms with Crippen LogP contribution in [0.15, 0.2) is 22.7 Å². The van der Waals surface area contributed by atoms with E-state index in [9.17, 15) is 4.79 Å². The minimum Gasteiger partial charge on any atom is -0.293 e. The summed E-state index contributed by atoms with van der Waals surface area (Å²) in [4.78, 5) is 12.1. The Morgan fingerprint density at radius 2 is 2.31 bits per heavy atom. The van der Waals surface area contributed by atoms with Crippen molar-refractivity contribution in [1.82, 2.24) is 0 Å². The van der Waals surface area contributed by atoms with Gasteiger partial charge in [-0.25, -0.2) is 0 Å². The molecule has 0 spiro atoms. The maximum Gasteiger partial charge on any atom is 0.181 e. The molecule has 84 valence electrons. The van der Waals surface area contributed by atoms with E-state index in [1.165, 1.54) is 0 Å². The monoisotopic (exact) mass is 391 g/mol. The first kappa shape index (κ1) is 13.7. The average Bonchev–Trinajstić information content (AvgIpc) is 2.28. The van der Waals surface area contributed by atoms with Gasteiger partial charge in [-0.2, -0.15) is 5.26 Å². The Morgan fingerprint density at radius 3 is 2.88 bits per heavy atom. The second-order valence-corrected chi connectivity index (χ2v) is 5.54. The molecule has 0 aliphatic rings. The molecular formula is C12H11BrINO. The third kappa shape index (κ3) is 3.29. The number of hydrogen-bond acceptors (Lipinski definition) is 2. The fourth-order valence-corrected chi connectivity index (χ4v) is 2.38. The van der Waals surface area contributed by atoms with Crippen LogP contribution in [-0.4, -0.2) is 5.78 Å². The molecular weight excluding hydrogens is 381 g/mol. The minimum absolute atomic E-state index is 0.0740. The molecule has 0 bridgehead atoms. The summed E-state index contributed by atoms with van der Waals surface area (Å²) >= 11 is 5.46. The van der Waals surface area contributed by atoms with Crippen molar-refractivity contribution in [1.29, 1.82) is 5.26 Å². The number of nitriles is 1. The van der Waals surface area contributed by atoms with Gasteiger partial charge in [0.1, 0.15) is 5.92 Å². The summed E-state index contributed by atoms with van der Waals surface area (Å²) in [6.07, 6.45) is 1.46. The zero-order chi connectivity index (χ0) is 12.1. The summed E-state index contributed by atoms with van der Waals surface area (Å²) < 4.78 is 1.76. The van der Waals surface area contributed by atoms with E-state index in [0.717, 1.165) is 14.5 Å². The summed E-state index contributed by atoms with van der Waals surface area (Å²) in [5.41, 5.74) is 0.634. The molecule has 1 aromatic carbocycles. The van der Waals surface area contributed by atoms with Gasteiger partial charge in [0, 0.05) is 13.6 Å². The van der Waals surface area contributed by atoms with Crippen LogP contribution in [-0.2, 0) is 0 Å². The van der Waals surface area contributed by atoms with Crippen molar-refractivity contribution in [3.8, 4) is 6.07 Å².